The Morgan fingerprint density at radius 3 is 2.30 bits per heavy atom. The van der Waals surface area contributed by atoms with Crippen molar-refractivity contribution in [2.24, 2.45) is 0 Å². The molecule has 1 atom stereocenters. The first kappa shape index (κ1) is 19.5. The molecule has 3 aromatic rings. The molecular weight excluding hydrogens is 360 g/mol. The van der Waals surface area contributed by atoms with Crippen molar-refractivity contribution in [3.05, 3.63) is 83.5 Å². The molecule has 1 unspecified atom stereocenters. The molecule has 0 spiro atoms. The van der Waals surface area contributed by atoms with Gasteiger partial charge in [-0.25, -0.2) is 0 Å². The van der Waals surface area contributed by atoms with Crippen molar-refractivity contribution in [2.45, 2.75) is 18.4 Å². The van der Waals surface area contributed by atoms with Gasteiger partial charge >= 0.3 is 0 Å². The summed E-state index contributed by atoms with van der Waals surface area (Å²) in [5, 5.41) is 7.67. The van der Waals surface area contributed by atoms with Crippen molar-refractivity contribution in [3.63, 3.8) is 0 Å². The predicted octanol–water partition coefficient (Wildman–Crippen LogP) is 3.44. The summed E-state index contributed by atoms with van der Waals surface area (Å²) in [7, 11) is 2.11. The van der Waals surface area contributed by atoms with Gasteiger partial charge in [-0.2, -0.15) is 4.98 Å². The molecule has 0 aliphatic carbocycles. The van der Waals surface area contributed by atoms with Crippen LogP contribution in [0.25, 0.3) is 0 Å². The summed E-state index contributed by atoms with van der Waals surface area (Å²) in [6.45, 7) is 2.85. The molecule has 2 heterocycles. The van der Waals surface area contributed by atoms with Gasteiger partial charge in [-0.3, -0.25) is 4.90 Å². The van der Waals surface area contributed by atoms with Gasteiger partial charge in [-0.1, -0.05) is 65.8 Å². The maximum absolute atomic E-state index is 5.62. The van der Waals surface area contributed by atoms with Crippen LogP contribution in [0.15, 0.2) is 65.2 Å². The highest BCUT2D eigenvalue weighted by Gasteiger charge is 2.26. The summed E-state index contributed by atoms with van der Waals surface area (Å²) in [5.41, 5.74) is 2.52. The Morgan fingerprint density at radius 1 is 1.07 bits per heavy atom. The zero-order valence-electron chi connectivity index (χ0n) is 15.4. The molecule has 1 N–H and O–H groups in total. The fourth-order valence-electron chi connectivity index (χ4n) is 3.55. The van der Waals surface area contributed by atoms with Crippen LogP contribution in [0.1, 0.15) is 34.8 Å². The minimum atomic E-state index is 0. The Bertz CT molecular complexity index is 785. The van der Waals surface area contributed by atoms with Crippen LogP contribution in [0, 0.1) is 0 Å². The van der Waals surface area contributed by atoms with Gasteiger partial charge < -0.3 is 9.84 Å². The van der Waals surface area contributed by atoms with E-state index in [0.717, 1.165) is 25.5 Å². The minimum absolute atomic E-state index is 0. The lowest BCUT2D eigenvalue weighted by atomic mass is 9.88. The van der Waals surface area contributed by atoms with Crippen LogP contribution in [0.2, 0.25) is 0 Å². The van der Waals surface area contributed by atoms with E-state index in [2.05, 4.69) is 71.0 Å². The summed E-state index contributed by atoms with van der Waals surface area (Å²) in [6, 6.07) is 21.2. The van der Waals surface area contributed by atoms with Crippen molar-refractivity contribution in [1.29, 1.82) is 0 Å². The molecule has 6 heteroatoms. The second-order valence-corrected chi connectivity index (χ2v) is 6.82. The van der Waals surface area contributed by atoms with Gasteiger partial charge in [0.1, 0.15) is 0 Å². The van der Waals surface area contributed by atoms with Gasteiger partial charge in [-0.15, -0.1) is 12.4 Å². The van der Waals surface area contributed by atoms with Gasteiger partial charge in [0.25, 0.3) is 0 Å². The number of hydrogen-bond acceptors (Lipinski definition) is 5. The van der Waals surface area contributed by atoms with E-state index in [9.17, 15) is 0 Å². The zero-order chi connectivity index (χ0) is 17.8. The highest BCUT2D eigenvalue weighted by atomic mass is 35.5. The number of nitrogens with one attached hydrogen (secondary N) is 1. The predicted molar refractivity (Wildman–Crippen MR) is 108 cm³/mol. The smallest absolute Gasteiger partial charge is 0.227 e. The third kappa shape index (κ3) is 4.56. The van der Waals surface area contributed by atoms with Crippen LogP contribution < -0.4 is 5.32 Å². The fraction of sp³-hybridized carbons (Fsp3) is 0.333. The summed E-state index contributed by atoms with van der Waals surface area (Å²) in [4.78, 5) is 6.99. The first-order valence-electron chi connectivity index (χ1n) is 9.14. The summed E-state index contributed by atoms with van der Waals surface area (Å²) in [5.74, 6) is 1.67. The van der Waals surface area contributed by atoms with E-state index in [-0.39, 0.29) is 24.4 Å². The van der Waals surface area contributed by atoms with Gasteiger partial charge in [0.05, 0.1) is 6.04 Å². The molecule has 0 amide bonds. The molecule has 1 aliphatic rings. The van der Waals surface area contributed by atoms with Crippen molar-refractivity contribution in [3.8, 4) is 0 Å². The monoisotopic (exact) mass is 384 g/mol. The molecule has 1 aromatic heterocycles. The second-order valence-electron chi connectivity index (χ2n) is 6.82. The average molecular weight is 385 g/mol. The van der Waals surface area contributed by atoms with Crippen molar-refractivity contribution in [1.82, 2.24) is 20.4 Å². The van der Waals surface area contributed by atoms with E-state index >= 15 is 0 Å². The molecule has 0 bridgehead atoms. The average Bonchev–Trinajstić information content (AvgIpc) is 3.16. The number of rotatable bonds is 5. The van der Waals surface area contributed by atoms with Crippen LogP contribution in [-0.4, -0.2) is 41.7 Å². The zero-order valence-corrected chi connectivity index (χ0v) is 16.2. The van der Waals surface area contributed by atoms with Gasteiger partial charge in [0.15, 0.2) is 5.82 Å². The molecule has 1 aliphatic heterocycles. The normalized spacial score (nSPS) is 17.6. The van der Waals surface area contributed by atoms with Gasteiger partial charge in [0, 0.05) is 32.0 Å². The van der Waals surface area contributed by atoms with Gasteiger partial charge in [-0.05, 0) is 18.2 Å². The van der Waals surface area contributed by atoms with Crippen molar-refractivity contribution >= 4 is 12.4 Å². The SMILES string of the molecule is CN1CCNCC1c1noc(CC(c2ccccc2)c2ccccc2)n1.Cl. The lowest BCUT2D eigenvalue weighted by molar-refractivity contribution is 0.190. The highest BCUT2D eigenvalue weighted by Crippen LogP contribution is 2.28. The quantitative estimate of drug-likeness (QED) is 0.730. The lowest BCUT2D eigenvalue weighted by Crippen LogP contribution is -2.44. The summed E-state index contributed by atoms with van der Waals surface area (Å²) < 4.78 is 5.62. The number of piperazine rings is 1. The van der Waals surface area contributed by atoms with Crippen LogP contribution in [0.5, 0.6) is 0 Å². The van der Waals surface area contributed by atoms with E-state index in [1.807, 2.05) is 12.1 Å². The molecule has 5 nitrogen and oxygen atoms in total. The number of benzene rings is 2. The Balaban J connectivity index is 0.00000210. The molecule has 4 rings (SSSR count). The highest BCUT2D eigenvalue weighted by molar-refractivity contribution is 5.85. The number of aromatic nitrogens is 2. The van der Waals surface area contributed by atoms with Crippen LogP contribution in [-0.2, 0) is 6.42 Å². The Labute approximate surface area is 166 Å². The molecule has 27 heavy (non-hydrogen) atoms. The van der Waals surface area contributed by atoms with Crippen LogP contribution >= 0.6 is 12.4 Å². The molecule has 1 saturated heterocycles. The lowest BCUT2D eigenvalue weighted by Gasteiger charge is -2.30. The van der Waals surface area contributed by atoms with E-state index < -0.39 is 0 Å². The standard InChI is InChI=1S/C21H24N4O.ClH/c1-25-13-12-22-15-19(25)21-23-20(26-24-21)14-18(16-8-4-2-5-9-16)17-10-6-3-7-11-17;/h2-11,18-19,22H,12-15H2,1H3;1H. The molecule has 2 aromatic carbocycles. The number of halogens is 1. The number of hydrogen-bond donors (Lipinski definition) is 1. The molecule has 142 valence electrons. The van der Waals surface area contributed by atoms with E-state index in [4.69, 9.17) is 9.51 Å². The number of nitrogens with zero attached hydrogens (tertiary/aromatic N) is 3. The molecule has 1 fully saturated rings. The van der Waals surface area contributed by atoms with E-state index in [1.165, 1.54) is 11.1 Å². The van der Waals surface area contributed by atoms with E-state index in [1.54, 1.807) is 0 Å². The second kappa shape index (κ2) is 9.13. The Hall–Kier alpha value is -2.21. The maximum atomic E-state index is 5.62. The number of likely N-dealkylation sites (N-methyl/N-ethyl adjacent to an activating group) is 1. The fourth-order valence-corrected chi connectivity index (χ4v) is 3.55. The molecule has 0 radical (unpaired) electrons. The summed E-state index contributed by atoms with van der Waals surface area (Å²) in [6.07, 6.45) is 0.699. The first-order chi connectivity index (χ1) is 12.8. The minimum Gasteiger partial charge on any atom is -0.339 e. The third-order valence-electron chi connectivity index (χ3n) is 5.08. The molecular formula is C21H25ClN4O. The van der Waals surface area contributed by atoms with Gasteiger partial charge in [0.2, 0.25) is 5.89 Å². The molecule has 0 saturated carbocycles. The van der Waals surface area contributed by atoms with Crippen molar-refractivity contribution in [2.75, 3.05) is 26.7 Å². The topological polar surface area (TPSA) is 54.2 Å². The Kier molecular flexibility index (Phi) is 6.61. The van der Waals surface area contributed by atoms with E-state index in [0.29, 0.717) is 12.3 Å². The maximum Gasteiger partial charge on any atom is 0.227 e. The van der Waals surface area contributed by atoms with Crippen LogP contribution in [0.3, 0.4) is 0 Å². The first-order valence-corrected chi connectivity index (χ1v) is 9.14. The summed E-state index contributed by atoms with van der Waals surface area (Å²) >= 11 is 0. The van der Waals surface area contributed by atoms with Crippen LogP contribution in [0.4, 0.5) is 0 Å². The third-order valence-corrected chi connectivity index (χ3v) is 5.08. The van der Waals surface area contributed by atoms with Crippen molar-refractivity contribution < 1.29 is 4.52 Å². The largest absolute Gasteiger partial charge is 0.339 e. The Morgan fingerprint density at radius 2 is 1.70 bits per heavy atom.